The number of benzene rings is 3. The number of likely N-dealkylation sites (tertiary alicyclic amines) is 1. The number of Topliss-reactive ketones (excluding diaryl/α,β-unsaturated/α-hetero) is 1. The number of ketones is 1. The fraction of sp³-hybridized carbons (Fsp3) is 0.286. The van der Waals surface area contributed by atoms with Crippen LogP contribution in [0, 0.1) is 18.6 Å². The number of nitrogens with zero attached hydrogens (tertiary/aromatic N) is 1. The van der Waals surface area contributed by atoms with Gasteiger partial charge in [-0.2, -0.15) is 0 Å². The van der Waals surface area contributed by atoms with E-state index in [1.807, 2.05) is 31.2 Å². The molecule has 0 aliphatic carbocycles. The Morgan fingerprint density at radius 2 is 1.66 bits per heavy atom. The van der Waals surface area contributed by atoms with Gasteiger partial charge in [-0.3, -0.25) is 9.59 Å². The van der Waals surface area contributed by atoms with E-state index in [2.05, 4.69) is 17.3 Å². The van der Waals surface area contributed by atoms with Gasteiger partial charge >= 0.3 is 0 Å². The molecule has 35 heavy (non-hydrogen) atoms. The van der Waals surface area contributed by atoms with Crippen LogP contribution in [0.25, 0.3) is 11.1 Å². The smallest absolute Gasteiger partial charge is 0.261 e. The molecule has 0 radical (unpaired) electrons. The number of carbonyl (C=O) groups is 2. The average molecular weight is 477 g/mol. The van der Waals surface area contributed by atoms with Gasteiger partial charge in [-0.1, -0.05) is 18.2 Å². The summed E-state index contributed by atoms with van der Waals surface area (Å²) in [4.78, 5) is 27.6. The minimum Gasteiger partial charge on any atom is -0.486 e. The summed E-state index contributed by atoms with van der Waals surface area (Å²) in [5.41, 5.74) is 2.69. The van der Waals surface area contributed by atoms with Crippen LogP contribution in [0.1, 0.15) is 45.5 Å². The van der Waals surface area contributed by atoms with E-state index < -0.39 is 28.7 Å². The zero-order valence-electron chi connectivity index (χ0n) is 19.7. The molecular formula is C28H26F2N2O3. The van der Waals surface area contributed by atoms with E-state index in [4.69, 9.17) is 4.74 Å². The number of nitrogens with one attached hydrogen (secondary N) is 1. The van der Waals surface area contributed by atoms with E-state index in [1.165, 1.54) is 6.07 Å². The summed E-state index contributed by atoms with van der Waals surface area (Å²) in [5, 5.41) is 2.54. The molecule has 7 heteroatoms. The molecule has 180 valence electrons. The van der Waals surface area contributed by atoms with E-state index in [-0.39, 0.29) is 5.78 Å². The first-order chi connectivity index (χ1) is 16.7. The Hall–Kier alpha value is -3.58. The van der Waals surface area contributed by atoms with Gasteiger partial charge < -0.3 is 15.0 Å². The third kappa shape index (κ3) is 4.44. The molecule has 0 bridgehead atoms. The fourth-order valence-electron chi connectivity index (χ4n) is 4.90. The van der Waals surface area contributed by atoms with Crippen molar-refractivity contribution in [3.05, 3.63) is 82.9 Å². The molecule has 1 saturated heterocycles. The van der Waals surface area contributed by atoms with Crippen molar-refractivity contribution < 1.29 is 23.1 Å². The van der Waals surface area contributed by atoms with E-state index in [1.54, 1.807) is 12.1 Å². The molecular weight excluding hydrogens is 450 g/mol. The Kier molecular flexibility index (Phi) is 5.89. The Balaban J connectivity index is 1.39. The van der Waals surface area contributed by atoms with Crippen molar-refractivity contribution in [3.8, 4) is 16.9 Å². The monoisotopic (exact) mass is 476 g/mol. The Morgan fingerprint density at radius 3 is 2.31 bits per heavy atom. The second kappa shape index (κ2) is 8.89. The molecule has 0 aromatic heterocycles. The normalized spacial score (nSPS) is 17.1. The first kappa shape index (κ1) is 23.2. The summed E-state index contributed by atoms with van der Waals surface area (Å²) in [6, 6.07) is 14.1. The first-order valence-corrected chi connectivity index (χ1v) is 11.7. The molecule has 1 fully saturated rings. The Morgan fingerprint density at radius 1 is 1.00 bits per heavy atom. The summed E-state index contributed by atoms with van der Waals surface area (Å²) in [6.07, 6.45) is 2.04. The van der Waals surface area contributed by atoms with E-state index in [9.17, 15) is 18.4 Å². The highest BCUT2D eigenvalue weighted by molar-refractivity contribution is 6.05. The van der Waals surface area contributed by atoms with Gasteiger partial charge in [0.1, 0.15) is 28.5 Å². The highest BCUT2D eigenvalue weighted by Crippen LogP contribution is 2.42. The van der Waals surface area contributed by atoms with E-state index >= 15 is 0 Å². The van der Waals surface area contributed by atoms with Crippen LogP contribution in [0.3, 0.4) is 0 Å². The lowest BCUT2D eigenvalue weighted by molar-refractivity contribution is -0.00365. The third-order valence-electron chi connectivity index (χ3n) is 6.98. The lowest BCUT2D eigenvalue weighted by Gasteiger charge is -2.43. The van der Waals surface area contributed by atoms with Gasteiger partial charge in [0.2, 0.25) is 0 Å². The third-order valence-corrected chi connectivity index (χ3v) is 6.98. The molecule has 3 aromatic carbocycles. The molecule has 1 amide bonds. The van der Waals surface area contributed by atoms with Crippen molar-refractivity contribution in [3.63, 3.8) is 0 Å². The van der Waals surface area contributed by atoms with Gasteiger partial charge in [0, 0.05) is 31.6 Å². The number of halogens is 2. The molecule has 3 aromatic rings. The maximum Gasteiger partial charge on any atom is 0.261 e. The maximum atomic E-state index is 13.9. The number of piperidine rings is 1. The number of anilines is 1. The van der Waals surface area contributed by atoms with Gasteiger partial charge in [0.25, 0.3) is 5.91 Å². The summed E-state index contributed by atoms with van der Waals surface area (Å²) in [7, 11) is 2.08. The molecule has 0 saturated carbocycles. The summed E-state index contributed by atoms with van der Waals surface area (Å²) in [6.45, 7) is 3.73. The maximum absolute atomic E-state index is 13.9. The second-order valence-electron chi connectivity index (χ2n) is 9.48. The number of carbonyl (C=O) groups excluding carboxylic acids is 2. The molecule has 0 atom stereocenters. The van der Waals surface area contributed by atoms with Crippen LogP contribution in [-0.4, -0.2) is 42.3 Å². The van der Waals surface area contributed by atoms with Crippen LogP contribution in [0.2, 0.25) is 0 Å². The van der Waals surface area contributed by atoms with E-state index in [0.29, 0.717) is 23.4 Å². The molecule has 1 spiro atoms. The summed E-state index contributed by atoms with van der Waals surface area (Å²) in [5.74, 6) is -1.96. The number of ether oxygens (including phenoxy) is 1. The molecule has 1 N–H and O–H groups in total. The highest BCUT2D eigenvalue weighted by Gasteiger charge is 2.42. The van der Waals surface area contributed by atoms with Gasteiger partial charge in [0.15, 0.2) is 5.78 Å². The lowest BCUT2D eigenvalue weighted by atomic mass is 9.81. The van der Waals surface area contributed by atoms with Crippen molar-refractivity contribution in [1.29, 1.82) is 0 Å². The number of rotatable bonds is 3. The number of hydrogen-bond donors (Lipinski definition) is 1. The topological polar surface area (TPSA) is 58.6 Å². The van der Waals surface area contributed by atoms with Crippen molar-refractivity contribution in [1.82, 2.24) is 4.90 Å². The number of amides is 1. The van der Waals surface area contributed by atoms with Gasteiger partial charge in [-0.25, -0.2) is 8.78 Å². The highest BCUT2D eigenvalue weighted by atomic mass is 19.1. The van der Waals surface area contributed by atoms with Gasteiger partial charge in [0.05, 0.1) is 12.0 Å². The van der Waals surface area contributed by atoms with Crippen molar-refractivity contribution in [2.45, 2.75) is 31.8 Å². The van der Waals surface area contributed by atoms with Crippen molar-refractivity contribution >= 4 is 17.4 Å². The van der Waals surface area contributed by atoms with Gasteiger partial charge in [-0.15, -0.1) is 0 Å². The number of aryl methyl sites for hydroxylation is 1. The van der Waals surface area contributed by atoms with Crippen LogP contribution in [-0.2, 0) is 0 Å². The fourth-order valence-corrected chi connectivity index (χ4v) is 4.90. The molecule has 0 unspecified atom stereocenters. The zero-order chi connectivity index (χ0) is 24.7. The standard InChI is InChI=1S/C28H26F2N2O3/c1-17-14-21-24(33)16-28(10-12-32(2)13-11-28)35-25(21)15-20(17)18-6-8-19(9-7-18)31-27(34)26-22(29)4-3-5-23(26)30/h3-9,14-15H,10-13,16H2,1-2H3,(H,31,34). The predicted molar refractivity (Wildman–Crippen MR) is 130 cm³/mol. The van der Waals surface area contributed by atoms with E-state index in [0.717, 1.165) is 54.8 Å². The van der Waals surface area contributed by atoms with Crippen molar-refractivity contribution in [2.75, 3.05) is 25.5 Å². The average Bonchev–Trinajstić information content (AvgIpc) is 2.82. The Bertz CT molecular complexity index is 1290. The number of hydrogen-bond acceptors (Lipinski definition) is 4. The van der Waals surface area contributed by atoms with Crippen LogP contribution < -0.4 is 10.1 Å². The van der Waals surface area contributed by atoms with Crippen LogP contribution in [0.15, 0.2) is 54.6 Å². The quantitative estimate of drug-likeness (QED) is 0.533. The Labute approximate surface area is 202 Å². The predicted octanol–water partition coefficient (Wildman–Crippen LogP) is 5.62. The summed E-state index contributed by atoms with van der Waals surface area (Å²) >= 11 is 0. The van der Waals surface area contributed by atoms with Crippen LogP contribution in [0.5, 0.6) is 5.75 Å². The molecule has 2 aliphatic rings. The molecule has 2 heterocycles. The minimum atomic E-state index is -0.916. The molecule has 5 rings (SSSR count). The van der Waals surface area contributed by atoms with Crippen molar-refractivity contribution in [2.24, 2.45) is 0 Å². The van der Waals surface area contributed by atoms with Crippen LogP contribution in [0.4, 0.5) is 14.5 Å². The molecule has 5 nitrogen and oxygen atoms in total. The summed E-state index contributed by atoms with van der Waals surface area (Å²) < 4.78 is 34.3. The largest absolute Gasteiger partial charge is 0.486 e. The van der Waals surface area contributed by atoms with Gasteiger partial charge in [-0.05, 0) is 67.1 Å². The van der Waals surface area contributed by atoms with Crippen LogP contribution >= 0.6 is 0 Å². The second-order valence-corrected chi connectivity index (χ2v) is 9.48. The minimum absolute atomic E-state index is 0.115. The zero-order valence-corrected chi connectivity index (χ0v) is 19.7. The molecule has 2 aliphatic heterocycles. The first-order valence-electron chi connectivity index (χ1n) is 11.7. The number of fused-ring (bicyclic) bond motifs is 1. The lowest BCUT2D eigenvalue weighted by Crippen LogP contribution is -2.50. The SMILES string of the molecule is Cc1cc2c(cc1-c1ccc(NC(=O)c3c(F)cccc3F)cc1)OC1(CCN(C)CC1)CC2=O.